The summed E-state index contributed by atoms with van der Waals surface area (Å²) in [7, 11) is 1.93. The maximum atomic E-state index is 6.44. The molecule has 5 rings (SSSR count). The highest BCUT2D eigenvalue weighted by Crippen LogP contribution is 2.39. The molecule has 1 atom stereocenters. The molecular formula is C36H50N4O2S2. The number of benzene rings is 3. The summed E-state index contributed by atoms with van der Waals surface area (Å²) >= 11 is 3.49. The lowest BCUT2D eigenvalue weighted by molar-refractivity contribution is -0.0300. The lowest BCUT2D eigenvalue weighted by Gasteiger charge is -2.38. The van der Waals surface area contributed by atoms with Crippen molar-refractivity contribution in [3.05, 3.63) is 78.4 Å². The van der Waals surface area contributed by atoms with Crippen LogP contribution in [-0.4, -0.2) is 62.4 Å². The van der Waals surface area contributed by atoms with Crippen LogP contribution in [0.1, 0.15) is 51.5 Å². The average molecular weight is 635 g/mol. The van der Waals surface area contributed by atoms with Crippen molar-refractivity contribution in [1.29, 1.82) is 0 Å². The summed E-state index contributed by atoms with van der Waals surface area (Å²) < 4.78 is 18.0. The molecule has 2 heterocycles. The predicted molar refractivity (Wildman–Crippen MR) is 186 cm³/mol. The van der Waals surface area contributed by atoms with Crippen LogP contribution in [0.5, 0.6) is 5.75 Å². The number of hydrogen-bond acceptors (Lipinski definition) is 8. The molecule has 238 valence electrons. The first-order chi connectivity index (χ1) is 21.5. The highest BCUT2D eigenvalue weighted by Gasteiger charge is 2.42. The van der Waals surface area contributed by atoms with Crippen molar-refractivity contribution in [2.24, 2.45) is 5.92 Å². The summed E-state index contributed by atoms with van der Waals surface area (Å²) in [5.74, 6) is 1.67. The number of piperidine rings is 1. The number of hydrogen-bond donors (Lipinski definition) is 3. The van der Waals surface area contributed by atoms with E-state index in [1.54, 1.807) is 11.9 Å². The lowest BCUT2D eigenvalue weighted by atomic mass is 9.88. The van der Waals surface area contributed by atoms with Gasteiger partial charge in [-0.3, -0.25) is 4.72 Å². The van der Waals surface area contributed by atoms with E-state index in [1.807, 2.05) is 31.1 Å². The minimum absolute atomic E-state index is 0.0316. The molecule has 3 aromatic rings. The van der Waals surface area contributed by atoms with Crippen LogP contribution in [0.3, 0.4) is 0 Å². The van der Waals surface area contributed by atoms with Gasteiger partial charge in [0.2, 0.25) is 0 Å². The fraction of sp³-hybridized carbons (Fsp3) is 0.500. The zero-order chi connectivity index (χ0) is 30.6. The summed E-state index contributed by atoms with van der Waals surface area (Å²) in [5.41, 5.74) is 3.93. The van der Waals surface area contributed by atoms with Gasteiger partial charge in [-0.15, -0.1) is 0 Å². The first-order valence-electron chi connectivity index (χ1n) is 16.3. The van der Waals surface area contributed by atoms with E-state index in [0.717, 1.165) is 81.6 Å². The SMILES string of the molecule is CNSc1cccc(OCCCNC2COC3(CCN(Sc4cccc(-c5ccc(CNCCC(C)C)cc5)c4)CC3)C2)c1. The van der Waals surface area contributed by atoms with Gasteiger partial charge < -0.3 is 20.1 Å². The lowest BCUT2D eigenvalue weighted by Crippen LogP contribution is -2.42. The van der Waals surface area contributed by atoms with Crippen molar-refractivity contribution in [3.8, 4) is 16.9 Å². The highest BCUT2D eigenvalue weighted by atomic mass is 32.2. The quantitative estimate of drug-likeness (QED) is 0.111. The molecule has 0 saturated carbocycles. The average Bonchev–Trinajstić information content (AvgIpc) is 3.43. The van der Waals surface area contributed by atoms with E-state index in [9.17, 15) is 0 Å². The van der Waals surface area contributed by atoms with Gasteiger partial charge in [0.25, 0.3) is 0 Å². The van der Waals surface area contributed by atoms with Crippen molar-refractivity contribution in [2.45, 2.75) is 73.9 Å². The van der Waals surface area contributed by atoms with Gasteiger partial charge in [-0.1, -0.05) is 56.3 Å². The number of rotatable bonds is 16. The Morgan fingerprint density at radius 3 is 2.55 bits per heavy atom. The van der Waals surface area contributed by atoms with E-state index < -0.39 is 0 Å². The molecule has 6 nitrogen and oxygen atoms in total. The molecule has 8 heteroatoms. The zero-order valence-electron chi connectivity index (χ0n) is 26.6. The summed E-state index contributed by atoms with van der Waals surface area (Å²) in [4.78, 5) is 2.47. The Balaban J connectivity index is 1.00. The van der Waals surface area contributed by atoms with Gasteiger partial charge in [-0.2, -0.15) is 0 Å². The molecule has 2 saturated heterocycles. The molecule has 2 fully saturated rings. The molecule has 1 unspecified atom stereocenters. The van der Waals surface area contributed by atoms with E-state index in [1.165, 1.54) is 28.0 Å². The molecule has 0 amide bonds. The third-order valence-electron chi connectivity index (χ3n) is 8.47. The maximum Gasteiger partial charge on any atom is 0.120 e. The topological polar surface area (TPSA) is 57.8 Å². The van der Waals surface area contributed by atoms with Crippen molar-refractivity contribution in [3.63, 3.8) is 0 Å². The van der Waals surface area contributed by atoms with Gasteiger partial charge in [0, 0.05) is 35.5 Å². The van der Waals surface area contributed by atoms with Crippen molar-refractivity contribution in [2.75, 3.05) is 46.4 Å². The van der Waals surface area contributed by atoms with Crippen LogP contribution in [0.25, 0.3) is 11.1 Å². The molecule has 2 aliphatic heterocycles. The molecule has 1 spiro atoms. The largest absolute Gasteiger partial charge is 0.494 e. The fourth-order valence-corrected chi connectivity index (χ4v) is 7.48. The Hall–Kier alpha value is -2.04. The second-order valence-electron chi connectivity index (χ2n) is 12.4. The third kappa shape index (κ3) is 10.2. The van der Waals surface area contributed by atoms with Crippen LogP contribution in [0.4, 0.5) is 0 Å². The summed E-state index contributed by atoms with van der Waals surface area (Å²) in [6.07, 6.45) is 5.49. The first kappa shape index (κ1) is 33.3. The van der Waals surface area contributed by atoms with E-state index >= 15 is 0 Å². The van der Waals surface area contributed by atoms with Crippen molar-refractivity contribution in [1.82, 2.24) is 19.7 Å². The molecular weight excluding hydrogens is 585 g/mol. The Kier molecular flexibility index (Phi) is 12.9. The van der Waals surface area contributed by atoms with Crippen molar-refractivity contribution < 1.29 is 9.47 Å². The molecule has 0 bridgehead atoms. The molecule has 0 aromatic heterocycles. The second-order valence-corrected chi connectivity index (χ2v) is 14.7. The highest BCUT2D eigenvalue weighted by molar-refractivity contribution is 7.97. The first-order valence-corrected chi connectivity index (χ1v) is 17.9. The van der Waals surface area contributed by atoms with Crippen LogP contribution in [-0.2, 0) is 11.3 Å². The van der Waals surface area contributed by atoms with Gasteiger partial charge in [-0.05, 0) is 129 Å². The third-order valence-corrected chi connectivity index (χ3v) is 10.3. The monoisotopic (exact) mass is 634 g/mol. The van der Waals surface area contributed by atoms with Gasteiger partial charge >= 0.3 is 0 Å². The van der Waals surface area contributed by atoms with Gasteiger partial charge in [0.15, 0.2) is 0 Å². The molecule has 3 N–H and O–H groups in total. The standard InChI is InChI=1S/C36H50N4O2S2/c1-28(2)15-19-38-26-29-11-13-30(14-12-29)31-7-4-10-35(23-31)44-40-20-16-36(17-21-40)25-32(27-42-36)39-18-6-22-41-33-8-5-9-34(24-33)43-37-3/h4-5,7-14,23-24,28,32,37-39H,6,15-22,25-27H2,1-3H3. The zero-order valence-corrected chi connectivity index (χ0v) is 28.3. The number of nitrogens with zero attached hydrogens (tertiary/aromatic N) is 1. The molecule has 0 aliphatic carbocycles. The number of nitrogens with one attached hydrogen (secondary N) is 3. The molecule has 3 aromatic carbocycles. The normalized spacial score (nSPS) is 18.3. The van der Waals surface area contributed by atoms with Crippen LogP contribution in [0.2, 0.25) is 0 Å². The van der Waals surface area contributed by atoms with Crippen LogP contribution in [0.15, 0.2) is 82.6 Å². The molecule has 0 radical (unpaired) electrons. The van der Waals surface area contributed by atoms with Crippen LogP contribution >= 0.6 is 23.9 Å². The smallest absolute Gasteiger partial charge is 0.120 e. The van der Waals surface area contributed by atoms with E-state index in [4.69, 9.17) is 9.47 Å². The molecule has 2 aliphatic rings. The Bertz CT molecular complexity index is 1280. The Morgan fingerprint density at radius 1 is 0.955 bits per heavy atom. The van der Waals surface area contributed by atoms with Crippen LogP contribution in [0, 0.1) is 5.92 Å². The summed E-state index contributed by atoms with van der Waals surface area (Å²) in [6.45, 7) is 11.1. The predicted octanol–water partition coefficient (Wildman–Crippen LogP) is 7.41. The van der Waals surface area contributed by atoms with Crippen molar-refractivity contribution >= 4 is 23.9 Å². The van der Waals surface area contributed by atoms with Gasteiger partial charge in [0.1, 0.15) is 5.75 Å². The minimum Gasteiger partial charge on any atom is -0.494 e. The second kappa shape index (κ2) is 17.0. The maximum absolute atomic E-state index is 6.44. The van der Waals surface area contributed by atoms with Gasteiger partial charge in [-0.25, -0.2) is 4.31 Å². The van der Waals surface area contributed by atoms with E-state index in [2.05, 4.69) is 94.2 Å². The van der Waals surface area contributed by atoms with E-state index in [0.29, 0.717) is 12.6 Å². The number of ether oxygens (including phenoxy) is 2. The Labute approximate surface area is 273 Å². The molecule has 44 heavy (non-hydrogen) atoms. The van der Waals surface area contributed by atoms with E-state index in [-0.39, 0.29) is 5.60 Å². The minimum atomic E-state index is 0.0316. The Morgan fingerprint density at radius 2 is 1.75 bits per heavy atom. The van der Waals surface area contributed by atoms with Gasteiger partial charge in [0.05, 0.1) is 18.8 Å². The summed E-state index contributed by atoms with van der Waals surface area (Å²) in [5, 5.41) is 7.28. The summed E-state index contributed by atoms with van der Waals surface area (Å²) in [6, 6.07) is 26.7. The van der Waals surface area contributed by atoms with Crippen LogP contribution < -0.4 is 20.1 Å². The fourth-order valence-electron chi connectivity index (χ4n) is 5.94.